The van der Waals surface area contributed by atoms with E-state index in [4.69, 9.17) is 5.41 Å². The number of aromatic amines is 1. The molecule has 0 amide bonds. The van der Waals surface area contributed by atoms with Gasteiger partial charge in [-0.25, -0.2) is 0 Å². The molecule has 1 heterocycles. The van der Waals surface area contributed by atoms with Crippen molar-refractivity contribution in [2.24, 2.45) is 0 Å². The highest BCUT2D eigenvalue weighted by Gasteiger charge is 2.27. The maximum atomic E-state index is 12.4. The van der Waals surface area contributed by atoms with Crippen molar-refractivity contribution in [3.8, 4) is 0 Å². The lowest BCUT2D eigenvalue weighted by Gasteiger charge is -2.25. The number of benzene rings is 1. The van der Waals surface area contributed by atoms with Crippen LogP contribution in [0.15, 0.2) is 41.3 Å². The normalized spacial score (nSPS) is 16.0. The standard InChI is InChI=1S/C22H28F3N5O/c1-14(28-13-22(23,24)25)15-7-9-17(10-8-15)30-20(26)19-18(11-12-27-21(19)31)29-16-5-3-2-4-6-16/h7-12,14,16,28H,2-6,13H2,1H3,(H2,26,30)(H2,27,29,31)/t14-/m1/s1. The molecule has 0 bridgehead atoms. The van der Waals surface area contributed by atoms with Crippen LogP contribution in [-0.4, -0.2) is 29.6 Å². The summed E-state index contributed by atoms with van der Waals surface area (Å²) >= 11 is 0. The highest BCUT2D eigenvalue weighted by atomic mass is 19.4. The smallest absolute Gasteiger partial charge is 0.382 e. The first kappa shape index (κ1) is 22.9. The van der Waals surface area contributed by atoms with Crippen molar-refractivity contribution >= 4 is 17.2 Å². The Kier molecular flexibility index (Phi) is 7.37. The number of nitrogens with one attached hydrogen (secondary N) is 5. The van der Waals surface area contributed by atoms with Gasteiger partial charge in [0.2, 0.25) is 0 Å². The zero-order valence-corrected chi connectivity index (χ0v) is 17.4. The van der Waals surface area contributed by atoms with Crippen LogP contribution in [0.3, 0.4) is 0 Å². The molecule has 168 valence electrons. The fourth-order valence-electron chi connectivity index (χ4n) is 3.76. The molecule has 0 spiro atoms. The third-order valence-electron chi connectivity index (χ3n) is 5.46. The SMILES string of the molecule is C[C@@H](NCC(F)(F)F)c1ccc(NC(=N)c2c(NC3CCCCC3)cc[nH]c2=O)cc1. The van der Waals surface area contributed by atoms with Crippen LogP contribution in [0.4, 0.5) is 24.5 Å². The Morgan fingerprint density at radius 3 is 2.48 bits per heavy atom. The first-order chi connectivity index (χ1) is 14.7. The quantitative estimate of drug-likeness (QED) is 0.320. The summed E-state index contributed by atoms with van der Waals surface area (Å²) in [5.41, 5.74) is 1.76. The number of pyridine rings is 1. The number of hydrogen-bond donors (Lipinski definition) is 5. The minimum absolute atomic E-state index is 0.0452. The van der Waals surface area contributed by atoms with E-state index < -0.39 is 18.8 Å². The summed E-state index contributed by atoms with van der Waals surface area (Å²) in [4.78, 5) is 15.1. The van der Waals surface area contributed by atoms with Crippen molar-refractivity contribution in [3.63, 3.8) is 0 Å². The number of amidine groups is 1. The Morgan fingerprint density at radius 2 is 1.84 bits per heavy atom. The van der Waals surface area contributed by atoms with Crippen molar-refractivity contribution < 1.29 is 13.2 Å². The van der Waals surface area contributed by atoms with Crippen LogP contribution in [0.25, 0.3) is 0 Å². The molecule has 9 heteroatoms. The van der Waals surface area contributed by atoms with Gasteiger partial charge < -0.3 is 20.9 Å². The van der Waals surface area contributed by atoms with Crippen LogP contribution >= 0.6 is 0 Å². The van der Waals surface area contributed by atoms with Crippen molar-refractivity contribution in [2.75, 3.05) is 17.2 Å². The van der Waals surface area contributed by atoms with E-state index in [1.165, 1.54) is 6.42 Å². The summed E-state index contributed by atoms with van der Waals surface area (Å²) in [5.74, 6) is -0.0452. The van der Waals surface area contributed by atoms with E-state index in [0.29, 0.717) is 16.9 Å². The van der Waals surface area contributed by atoms with Gasteiger partial charge in [-0.15, -0.1) is 0 Å². The topological polar surface area (TPSA) is 92.8 Å². The van der Waals surface area contributed by atoms with Crippen LogP contribution < -0.4 is 21.5 Å². The van der Waals surface area contributed by atoms with Gasteiger partial charge in [0.25, 0.3) is 5.56 Å². The Bertz CT molecular complexity index is 933. The van der Waals surface area contributed by atoms with Gasteiger partial charge >= 0.3 is 6.18 Å². The lowest BCUT2D eigenvalue weighted by atomic mass is 9.95. The molecular formula is C22H28F3N5O. The Morgan fingerprint density at radius 1 is 1.16 bits per heavy atom. The van der Waals surface area contributed by atoms with E-state index in [1.54, 1.807) is 43.5 Å². The Hall–Kier alpha value is -2.81. The Balaban J connectivity index is 1.68. The predicted molar refractivity (Wildman–Crippen MR) is 117 cm³/mol. The summed E-state index contributed by atoms with van der Waals surface area (Å²) in [6.07, 6.45) is 2.89. The van der Waals surface area contributed by atoms with Crippen LogP contribution in [-0.2, 0) is 0 Å². The number of anilines is 2. The molecule has 0 saturated heterocycles. The average molecular weight is 435 g/mol. The van der Waals surface area contributed by atoms with Crippen molar-refractivity contribution in [2.45, 2.75) is 57.3 Å². The zero-order chi connectivity index (χ0) is 22.4. The van der Waals surface area contributed by atoms with Gasteiger partial charge in [-0.05, 0) is 43.5 Å². The van der Waals surface area contributed by atoms with E-state index in [0.717, 1.165) is 25.7 Å². The van der Waals surface area contributed by atoms with Crippen molar-refractivity contribution in [1.29, 1.82) is 5.41 Å². The number of halogens is 3. The number of H-pyrrole nitrogens is 1. The summed E-state index contributed by atoms with van der Waals surface area (Å²) in [5, 5.41) is 17.2. The average Bonchev–Trinajstić information content (AvgIpc) is 2.73. The van der Waals surface area contributed by atoms with Gasteiger partial charge in [0.15, 0.2) is 0 Å². The van der Waals surface area contributed by atoms with Crippen molar-refractivity contribution in [3.05, 3.63) is 58.0 Å². The van der Waals surface area contributed by atoms with E-state index in [1.807, 2.05) is 0 Å². The van der Waals surface area contributed by atoms with E-state index in [-0.39, 0.29) is 23.0 Å². The Labute approximate surface area is 179 Å². The first-order valence-corrected chi connectivity index (χ1v) is 10.5. The molecule has 6 nitrogen and oxygen atoms in total. The maximum absolute atomic E-state index is 12.4. The second kappa shape index (κ2) is 10.00. The molecule has 1 aromatic heterocycles. The highest BCUT2D eigenvalue weighted by molar-refractivity contribution is 6.09. The number of aromatic nitrogens is 1. The van der Waals surface area contributed by atoms with Crippen LogP contribution in [0.2, 0.25) is 0 Å². The molecular weight excluding hydrogens is 407 g/mol. The maximum Gasteiger partial charge on any atom is 0.401 e. The fraction of sp³-hybridized carbons (Fsp3) is 0.455. The number of rotatable bonds is 7. The third kappa shape index (κ3) is 6.58. The summed E-state index contributed by atoms with van der Waals surface area (Å²) in [6, 6.07) is 8.33. The van der Waals surface area contributed by atoms with Gasteiger partial charge in [0.1, 0.15) is 11.4 Å². The minimum atomic E-state index is -4.27. The van der Waals surface area contributed by atoms with E-state index >= 15 is 0 Å². The van der Waals surface area contributed by atoms with Crippen LogP contribution in [0.1, 0.15) is 56.2 Å². The number of hydrogen-bond acceptors (Lipinski definition) is 4. The molecule has 0 unspecified atom stereocenters. The molecule has 0 radical (unpaired) electrons. The van der Waals surface area contributed by atoms with Gasteiger partial charge in [0.05, 0.1) is 12.2 Å². The monoisotopic (exact) mass is 435 g/mol. The fourth-order valence-corrected chi connectivity index (χ4v) is 3.76. The van der Waals surface area contributed by atoms with Gasteiger partial charge in [-0.2, -0.15) is 13.2 Å². The van der Waals surface area contributed by atoms with Gasteiger partial charge in [0, 0.05) is 24.0 Å². The second-order valence-corrected chi connectivity index (χ2v) is 7.91. The molecule has 1 aliphatic carbocycles. The first-order valence-electron chi connectivity index (χ1n) is 10.5. The zero-order valence-electron chi connectivity index (χ0n) is 17.4. The van der Waals surface area contributed by atoms with Crippen LogP contribution in [0, 0.1) is 5.41 Å². The molecule has 1 aliphatic rings. The lowest BCUT2D eigenvalue weighted by molar-refractivity contribution is -0.126. The molecule has 1 aromatic carbocycles. The largest absolute Gasteiger partial charge is 0.401 e. The van der Waals surface area contributed by atoms with Crippen molar-refractivity contribution in [1.82, 2.24) is 10.3 Å². The third-order valence-corrected chi connectivity index (χ3v) is 5.46. The van der Waals surface area contributed by atoms with E-state index in [9.17, 15) is 18.0 Å². The van der Waals surface area contributed by atoms with E-state index in [2.05, 4.69) is 20.9 Å². The summed E-state index contributed by atoms with van der Waals surface area (Å²) in [7, 11) is 0. The number of alkyl halides is 3. The summed E-state index contributed by atoms with van der Waals surface area (Å²) < 4.78 is 37.2. The molecule has 0 aliphatic heterocycles. The highest BCUT2D eigenvalue weighted by Crippen LogP contribution is 2.23. The lowest BCUT2D eigenvalue weighted by Crippen LogP contribution is -2.30. The molecule has 5 N–H and O–H groups in total. The minimum Gasteiger partial charge on any atom is -0.382 e. The molecule has 3 rings (SSSR count). The molecule has 1 atom stereocenters. The predicted octanol–water partition coefficient (Wildman–Crippen LogP) is 4.77. The molecule has 2 aromatic rings. The molecule has 31 heavy (non-hydrogen) atoms. The van der Waals surface area contributed by atoms with Gasteiger partial charge in [-0.3, -0.25) is 10.2 Å². The van der Waals surface area contributed by atoms with Crippen LogP contribution in [0.5, 0.6) is 0 Å². The molecule has 1 saturated carbocycles. The molecule has 1 fully saturated rings. The second-order valence-electron chi connectivity index (χ2n) is 7.91. The summed E-state index contributed by atoms with van der Waals surface area (Å²) in [6.45, 7) is 0.593. The van der Waals surface area contributed by atoms with Gasteiger partial charge in [-0.1, -0.05) is 31.4 Å².